The third kappa shape index (κ3) is 3.91. The van der Waals surface area contributed by atoms with Gasteiger partial charge >= 0.3 is 0 Å². The van der Waals surface area contributed by atoms with Gasteiger partial charge in [0, 0.05) is 24.1 Å². The summed E-state index contributed by atoms with van der Waals surface area (Å²) in [4.78, 5) is 0. The monoisotopic (exact) mass is 267 g/mol. The lowest BCUT2D eigenvalue weighted by atomic mass is 10.1. The minimum Gasteiger partial charge on any atom is -0.487 e. The average Bonchev–Trinajstić information content (AvgIpc) is 2.89. The van der Waals surface area contributed by atoms with Crippen molar-refractivity contribution < 1.29 is 13.9 Å². The summed E-state index contributed by atoms with van der Waals surface area (Å²) in [6.07, 6.45) is 1.98. The summed E-state index contributed by atoms with van der Waals surface area (Å²) in [6, 6.07) is 4.90. The Kier molecular flexibility index (Phi) is 5.16. The van der Waals surface area contributed by atoms with Crippen molar-refractivity contribution in [2.24, 2.45) is 0 Å². The first-order valence-corrected chi connectivity index (χ1v) is 6.98. The highest BCUT2D eigenvalue weighted by Crippen LogP contribution is 2.28. The van der Waals surface area contributed by atoms with E-state index >= 15 is 0 Å². The molecule has 1 aliphatic rings. The normalized spacial score (nSPS) is 20.5. The number of benzene rings is 1. The van der Waals surface area contributed by atoms with Gasteiger partial charge in [0.2, 0.25) is 0 Å². The highest BCUT2D eigenvalue weighted by Gasteiger charge is 2.20. The summed E-state index contributed by atoms with van der Waals surface area (Å²) in [6.45, 7) is 6.44. The highest BCUT2D eigenvalue weighted by atomic mass is 19.1. The van der Waals surface area contributed by atoms with Gasteiger partial charge in [-0.25, -0.2) is 4.39 Å². The molecule has 19 heavy (non-hydrogen) atoms. The van der Waals surface area contributed by atoms with Crippen LogP contribution in [0, 0.1) is 5.82 Å². The average molecular weight is 267 g/mol. The SMILES string of the molecule is CCCNC(C)c1ccc(F)cc1OC1CCOC1. The maximum atomic E-state index is 13.4. The van der Waals surface area contributed by atoms with E-state index < -0.39 is 0 Å². The Balaban J connectivity index is 2.11. The van der Waals surface area contributed by atoms with Gasteiger partial charge in [0.15, 0.2) is 0 Å². The van der Waals surface area contributed by atoms with Crippen LogP contribution in [0.5, 0.6) is 5.75 Å². The molecule has 1 N–H and O–H groups in total. The number of ether oxygens (including phenoxy) is 2. The third-order valence-corrected chi connectivity index (χ3v) is 3.32. The van der Waals surface area contributed by atoms with Crippen molar-refractivity contribution in [2.45, 2.75) is 38.8 Å². The Labute approximate surface area is 114 Å². The molecule has 1 aromatic rings. The van der Waals surface area contributed by atoms with Crippen molar-refractivity contribution in [3.8, 4) is 5.75 Å². The van der Waals surface area contributed by atoms with Crippen LogP contribution in [0.25, 0.3) is 0 Å². The molecule has 0 amide bonds. The van der Waals surface area contributed by atoms with Crippen LogP contribution in [0.3, 0.4) is 0 Å². The van der Waals surface area contributed by atoms with Crippen molar-refractivity contribution in [1.82, 2.24) is 5.32 Å². The van der Waals surface area contributed by atoms with E-state index in [1.165, 1.54) is 12.1 Å². The van der Waals surface area contributed by atoms with Crippen LogP contribution in [-0.4, -0.2) is 25.9 Å². The zero-order chi connectivity index (χ0) is 13.7. The molecule has 1 fully saturated rings. The summed E-state index contributed by atoms with van der Waals surface area (Å²) in [5.74, 6) is 0.368. The Morgan fingerprint density at radius 3 is 3.05 bits per heavy atom. The Morgan fingerprint density at radius 2 is 2.37 bits per heavy atom. The number of rotatable bonds is 6. The molecule has 0 spiro atoms. The van der Waals surface area contributed by atoms with Crippen LogP contribution in [0.1, 0.15) is 38.3 Å². The molecule has 2 atom stereocenters. The van der Waals surface area contributed by atoms with Gasteiger partial charge in [-0.15, -0.1) is 0 Å². The van der Waals surface area contributed by atoms with E-state index in [2.05, 4.69) is 19.2 Å². The van der Waals surface area contributed by atoms with Crippen molar-refractivity contribution >= 4 is 0 Å². The minimum atomic E-state index is -0.264. The van der Waals surface area contributed by atoms with Crippen LogP contribution < -0.4 is 10.1 Å². The van der Waals surface area contributed by atoms with Crippen LogP contribution in [-0.2, 0) is 4.74 Å². The maximum absolute atomic E-state index is 13.4. The molecule has 106 valence electrons. The van der Waals surface area contributed by atoms with Crippen molar-refractivity contribution in [3.05, 3.63) is 29.6 Å². The van der Waals surface area contributed by atoms with Crippen LogP contribution in [0.2, 0.25) is 0 Å². The lowest BCUT2D eigenvalue weighted by Gasteiger charge is -2.20. The summed E-state index contributed by atoms with van der Waals surface area (Å²) in [5.41, 5.74) is 1.00. The quantitative estimate of drug-likeness (QED) is 0.859. The summed E-state index contributed by atoms with van der Waals surface area (Å²) in [7, 11) is 0. The first kappa shape index (κ1) is 14.3. The highest BCUT2D eigenvalue weighted by molar-refractivity contribution is 5.36. The van der Waals surface area contributed by atoms with Crippen molar-refractivity contribution in [2.75, 3.05) is 19.8 Å². The van der Waals surface area contributed by atoms with Gasteiger partial charge < -0.3 is 14.8 Å². The molecule has 1 aromatic carbocycles. The molecule has 1 saturated heterocycles. The topological polar surface area (TPSA) is 30.5 Å². The second kappa shape index (κ2) is 6.87. The Hall–Kier alpha value is -1.13. The molecule has 0 aliphatic carbocycles. The molecule has 3 nitrogen and oxygen atoms in total. The molecule has 2 rings (SSSR count). The van der Waals surface area contributed by atoms with E-state index in [9.17, 15) is 4.39 Å². The van der Waals surface area contributed by atoms with Gasteiger partial charge in [0.1, 0.15) is 17.7 Å². The third-order valence-electron chi connectivity index (χ3n) is 3.32. The van der Waals surface area contributed by atoms with E-state index in [4.69, 9.17) is 9.47 Å². The smallest absolute Gasteiger partial charge is 0.127 e. The lowest BCUT2D eigenvalue weighted by Crippen LogP contribution is -2.22. The number of halogens is 1. The molecular weight excluding hydrogens is 245 g/mol. The Morgan fingerprint density at radius 1 is 1.53 bits per heavy atom. The van der Waals surface area contributed by atoms with Crippen molar-refractivity contribution in [3.63, 3.8) is 0 Å². The second-order valence-electron chi connectivity index (χ2n) is 4.96. The fourth-order valence-electron chi connectivity index (χ4n) is 2.22. The fraction of sp³-hybridized carbons (Fsp3) is 0.600. The van der Waals surface area contributed by atoms with Gasteiger partial charge in [0.05, 0.1) is 13.2 Å². The van der Waals surface area contributed by atoms with E-state index in [0.717, 1.165) is 31.6 Å². The van der Waals surface area contributed by atoms with E-state index in [1.807, 2.05) is 0 Å². The number of hydrogen-bond donors (Lipinski definition) is 1. The molecule has 0 radical (unpaired) electrons. The number of nitrogens with one attached hydrogen (secondary N) is 1. The summed E-state index contributed by atoms with van der Waals surface area (Å²) in [5, 5.41) is 3.40. The van der Waals surface area contributed by atoms with E-state index in [-0.39, 0.29) is 18.0 Å². The van der Waals surface area contributed by atoms with Gasteiger partial charge in [-0.3, -0.25) is 0 Å². The molecule has 1 aliphatic heterocycles. The molecule has 1 heterocycles. The molecule has 4 heteroatoms. The van der Waals surface area contributed by atoms with Gasteiger partial charge in [-0.1, -0.05) is 13.0 Å². The van der Waals surface area contributed by atoms with Gasteiger partial charge in [-0.2, -0.15) is 0 Å². The predicted octanol–water partition coefficient (Wildman–Crippen LogP) is 3.05. The minimum absolute atomic E-state index is 0.0407. The lowest BCUT2D eigenvalue weighted by molar-refractivity contribution is 0.140. The van der Waals surface area contributed by atoms with E-state index in [0.29, 0.717) is 12.4 Å². The van der Waals surface area contributed by atoms with E-state index in [1.54, 1.807) is 6.07 Å². The molecule has 0 bridgehead atoms. The molecule has 2 unspecified atom stereocenters. The fourth-order valence-corrected chi connectivity index (χ4v) is 2.22. The number of hydrogen-bond acceptors (Lipinski definition) is 3. The zero-order valence-corrected chi connectivity index (χ0v) is 11.6. The van der Waals surface area contributed by atoms with Crippen molar-refractivity contribution in [1.29, 1.82) is 0 Å². The second-order valence-corrected chi connectivity index (χ2v) is 4.96. The molecule has 0 saturated carbocycles. The largest absolute Gasteiger partial charge is 0.487 e. The standard InChI is InChI=1S/C15H22FNO2/c1-3-7-17-11(2)14-5-4-12(16)9-15(14)19-13-6-8-18-10-13/h4-5,9,11,13,17H,3,6-8,10H2,1-2H3. The Bertz CT molecular complexity index is 405. The first-order chi connectivity index (χ1) is 9.20. The van der Waals surface area contributed by atoms with Crippen LogP contribution in [0.4, 0.5) is 4.39 Å². The van der Waals surface area contributed by atoms with Gasteiger partial charge in [0.25, 0.3) is 0 Å². The predicted molar refractivity (Wildman–Crippen MR) is 73.0 cm³/mol. The summed E-state index contributed by atoms with van der Waals surface area (Å²) < 4.78 is 24.6. The maximum Gasteiger partial charge on any atom is 0.127 e. The molecule has 0 aromatic heterocycles. The van der Waals surface area contributed by atoms with Crippen LogP contribution in [0.15, 0.2) is 18.2 Å². The van der Waals surface area contributed by atoms with Gasteiger partial charge in [-0.05, 0) is 26.0 Å². The summed E-state index contributed by atoms with van der Waals surface area (Å²) >= 11 is 0. The first-order valence-electron chi connectivity index (χ1n) is 6.98. The molecular formula is C15H22FNO2. The van der Waals surface area contributed by atoms with Crippen LogP contribution >= 0.6 is 0 Å². The zero-order valence-electron chi connectivity index (χ0n) is 11.6.